The van der Waals surface area contributed by atoms with Crippen molar-refractivity contribution >= 4 is 0 Å². The van der Waals surface area contributed by atoms with Gasteiger partial charge in [-0.3, -0.25) is 0 Å². The van der Waals surface area contributed by atoms with Gasteiger partial charge in [0.25, 0.3) is 0 Å². The van der Waals surface area contributed by atoms with Gasteiger partial charge in [-0.25, -0.2) is 0 Å². The summed E-state index contributed by atoms with van der Waals surface area (Å²) in [6.45, 7) is 2.99. The number of ether oxygens (including phenoxy) is 1. The molecule has 0 radical (unpaired) electrons. The van der Waals surface area contributed by atoms with E-state index >= 15 is 0 Å². The lowest BCUT2D eigenvalue weighted by Crippen LogP contribution is -2.62. The third kappa shape index (κ3) is 2.36. The summed E-state index contributed by atoms with van der Waals surface area (Å²) in [6, 6.07) is -0.670. The van der Waals surface area contributed by atoms with Gasteiger partial charge in [0.2, 0.25) is 0 Å². The second-order valence-electron chi connectivity index (χ2n) is 3.61. The first-order chi connectivity index (χ1) is 7.02. The molecule has 1 fully saturated rings. The van der Waals surface area contributed by atoms with E-state index < -0.39 is 43.2 Å². The molecule has 1 aliphatic rings. The summed E-state index contributed by atoms with van der Waals surface area (Å²) in [4.78, 5) is 0. The van der Waals surface area contributed by atoms with Crippen molar-refractivity contribution in [1.29, 1.82) is 0 Å². The molecular weight excluding hydrogens is 202 g/mol. The average molecular weight is 219 g/mol. The van der Waals surface area contributed by atoms with E-state index in [9.17, 15) is 15.3 Å². The van der Waals surface area contributed by atoms with E-state index in [1.807, 2.05) is 0 Å². The molecule has 6 N–H and O–H groups in total. The Morgan fingerprint density at radius 1 is 1.27 bits per heavy atom. The zero-order valence-corrected chi connectivity index (χ0v) is 8.23. The Bertz CT molecular complexity index is 223. The first kappa shape index (κ1) is 12.6. The van der Waals surface area contributed by atoms with Crippen molar-refractivity contribution in [2.75, 3.05) is 6.61 Å². The van der Waals surface area contributed by atoms with E-state index in [4.69, 9.17) is 15.6 Å². The smallest absolute Gasteiger partial charge is 0.111 e. The minimum atomic E-state index is -1.38. The monoisotopic (exact) mass is 219 g/mol. The molecule has 6 nitrogen and oxygen atoms in total. The third-order valence-electron chi connectivity index (χ3n) is 2.58. The van der Waals surface area contributed by atoms with Gasteiger partial charge in [0.1, 0.15) is 30.5 Å². The van der Waals surface area contributed by atoms with E-state index in [-0.39, 0.29) is 0 Å². The number of hydrogen-bond acceptors (Lipinski definition) is 6. The Morgan fingerprint density at radius 3 is 2.33 bits per heavy atom. The largest absolute Gasteiger partial charge is 0.394 e. The molecule has 2 unspecified atom stereocenters. The molecule has 0 spiro atoms. The highest BCUT2D eigenvalue weighted by atomic mass is 16.5. The van der Waals surface area contributed by atoms with Crippen molar-refractivity contribution in [1.82, 2.24) is 0 Å². The highest BCUT2D eigenvalue weighted by Crippen LogP contribution is 2.22. The van der Waals surface area contributed by atoms with Gasteiger partial charge in [-0.05, 0) is 0 Å². The van der Waals surface area contributed by atoms with Gasteiger partial charge in [-0.15, -0.1) is 6.58 Å². The molecule has 88 valence electrons. The van der Waals surface area contributed by atoms with E-state index in [1.54, 1.807) is 0 Å². The van der Waals surface area contributed by atoms with Gasteiger partial charge in [0.15, 0.2) is 0 Å². The van der Waals surface area contributed by atoms with Crippen molar-refractivity contribution in [3.05, 3.63) is 12.7 Å². The lowest BCUT2D eigenvalue weighted by molar-refractivity contribution is -0.230. The van der Waals surface area contributed by atoms with Gasteiger partial charge in [-0.1, -0.05) is 6.08 Å². The highest BCUT2D eigenvalue weighted by Gasteiger charge is 2.44. The number of aliphatic hydroxyl groups is 4. The Hall–Kier alpha value is -0.500. The first-order valence-electron chi connectivity index (χ1n) is 4.71. The molecule has 1 rings (SSSR count). The van der Waals surface area contributed by atoms with Crippen LogP contribution in [0.4, 0.5) is 0 Å². The van der Waals surface area contributed by atoms with Crippen LogP contribution < -0.4 is 5.73 Å². The number of rotatable bonds is 3. The number of aliphatic hydroxyl groups excluding tert-OH is 4. The Kier molecular flexibility index (Phi) is 4.21. The summed E-state index contributed by atoms with van der Waals surface area (Å²) < 4.78 is 5.18. The molecular formula is C9H17NO5. The topological polar surface area (TPSA) is 116 Å². The van der Waals surface area contributed by atoms with E-state index in [1.165, 1.54) is 6.08 Å². The third-order valence-corrected chi connectivity index (χ3v) is 2.58. The first-order valence-corrected chi connectivity index (χ1v) is 4.71. The molecule has 0 aromatic rings. The van der Waals surface area contributed by atoms with Crippen LogP contribution in [0.2, 0.25) is 0 Å². The maximum Gasteiger partial charge on any atom is 0.111 e. The SMILES string of the molecule is C=CC(N)C1O[C@H](CO)[C@H](O)[C@H](O)[C@H]1O. The van der Waals surface area contributed by atoms with E-state index in [2.05, 4.69) is 6.58 Å². The van der Waals surface area contributed by atoms with Gasteiger partial charge in [0.05, 0.1) is 12.6 Å². The van der Waals surface area contributed by atoms with Gasteiger partial charge >= 0.3 is 0 Å². The minimum Gasteiger partial charge on any atom is -0.394 e. The lowest BCUT2D eigenvalue weighted by Gasteiger charge is -2.41. The Morgan fingerprint density at radius 2 is 1.87 bits per heavy atom. The highest BCUT2D eigenvalue weighted by molar-refractivity contribution is 5.00. The summed E-state index contributed by atoms with van der Waals surface area (Å²) in [6.07, 6.45) is -4.45. The zero-order valence-electron chi connectivity index (χ0n) is 8.23. The summed E-state index contributed by atoms with van der Waals surface area (Å²) in [5.41, 5.74) is 5.59. The second kappa shape index (κ2) is 5.02. The molecule has 15 heavy (non-hydrogen) atoms. The zero-order chi connectivity index (χ0) is 11.6. The summed E-state index contributed by atoms with van der Waals surface area (Å²) in [5.74, 6) is 0. The van der Waals surface area contributed by atoms with Crippen LogP contribution in [0.25, 0.3) is 0 Å². The van der Waals surface area contributed by atoms with Gasteiger partial charge in [0, 0.05) is 0 Å². The fourth-order valence-electron chi connectivity index (χ4n) is 1.58. The van der Waals surface area contributed by atoms with Crippen molar-refractivity contribution < 1.29 is 25.2 Å². The average Bonchev–Trinajstić information content (AvgIpc) is 2.25. The molecule has 6 heteroatoms. The molecule has 0 aromatic carbocycles. The molecule has 1 heterocycles. The fraction of sp³-hybridized carbons (Fsp3) is 0.778. The quantitative estimate of drug-likeness (QED) is 0.331. The van der Waals surface area contributed by atoms with Crippen LogP contribution in [0, 0.1) is 0 Å². The Labute approximate surface area is 87.6 Å². The van der Waals surface area contributed by atoms with Crippen molar-refractivity contribution in [3.63, 3.8) is 0 Å². The van der Waals surface area contributed by atoms with Gasteiger partial charge < -0.3 is 30.9 Å². The standard InChI is InChI=1S/C9H17NO5/c1-2-4(10)9-8(14)7(13)6(12)5(3-11)15-9/h2,4-9,11-14H,1,3,10H2/t4?,5-,6+,7+,8-,9?/m1/s1. The second-order valence-corrected chi connectivity index (χ2v) is 3.61. The molecule has 0 aliphatic carbocycles. The van der Waals surface area contributed by atoms with Crippen LogP contribution in [-0.4, -0.2) is 63.6 Å². The van der Waals surface area contributed by atoms with Crippen LogP contribution >= 0.6 is 0 Å². The normalized spacial score (nSPS) is 43.7. The molecule has 0 amide bonds. The minimum absolute atomic E-state index is 0.453. The van der Waals surface area contributed by atoms with E-state index in [0.29, 0.717) is 0 Å². The van der Waals surface area contributed by atoms with E-state index in [0.717, 1.165) is 0 Å². The molecule has 0 saturated carbocycles. The van der Waals surface area contributed by atoms with Crippen molar-refractivity contribution in [2.45, 2.75) is 36.6 Å². The maximum absolute atomic E-state index is 9.58. The molecule has 0 aromatic heterocycles. The fourth-order valence-corrected chi connectivity index (χ4v) is 1.58. The summed E-state index contributed by atoms with van der Waals surface area (Å²) >= 11 is 0. The number of nitrogens with two attached hydrogens (primary N) is 1. The van der Waals surface area contributed by atoms with Crippen LogP contribution in [0.3, 0.4) is 0 Å². The van der Waals surface area contributed by atoms with Crippen LogP contribution in [0.15, 0.2) is 12.7 Å². The van der Waals surface area contributed by atoms with Crippen LogP contribution in [0.1, 0.15) is 0 Å². The molecule has 1 aliphatic heterocycles. The summed E-state index contributed by atoms with van der Waals surface area (Å²) in [5, 5.41) is 37.4. The Balaban J connectivity index is 2.78. The predicted molar refractivity (Wildman–Crippen MR) is 51.9 cm³/mol. The maximum atomic E-state index is 9.58. The van der Waals surface area contributed by atoms with Gasteiger partial charge in [-0.2, -0.15) is 0 Å². The van der Waals surface area contributed by atoms with Crippen LogP contribution in [0.5, 0.6) is 0 Å². The molecule has 1 saturated heterocycles. The number of hydrogen-bond donors (Lipinski definition) is 5. The molecule has 0 bridgehead atoms. The predicted octanol–water partition coefficient (Wildman–Crippen LogP) is -2.66. The molecule has 6 atom stereocenters. The van der Waals surface area contributed by atoms with Crippen LogP contribution in [-0.2, 0) is 4.74 Å². The van der Waals surface area contributed by atoms with Crippen molar-refractivity contribution in [2.24, 2.45) is 5.73 Å². The van der Waals surface area contributed by atoms with Crippen molar-refractivity contribution in [3.8, 4) is 0 Å². The summed E-state index contributed by atoms with van der Waals surface area (Å²) in [7, 11) is 0. The lowest BCUT2D eigenvalue weighted by atomic mass is 9.92.